The van der Waals surface area contributed by atoms with Crippen LogP contribution < -0.4 is 5.73 Å². The molecule has 0 saturated carbocycles. The van der Waals surface area contributed by atoms with Crippen LogP contribution in [-0.4, -0.2) is 27.8 Å². The fourth-order valence-corrected chi connectivity index (χ4v) is 3.28. The Bertz CT molecular complexity index is 1140. The van der Waals surface area contributed by atoms with Crippen molar-refractivity contribution in [2.24, 2.45) is 0 Å². The van der Waals surface area contributed by atoms with Crippen LogP contribution in [0, 0.1) is 18.2 Å². The summed E-state index contributed by atoms with van der Waals surface area (Å²) in [5, 5.41) is 0.677. The van der Waals surface area contributed by atoms with E-state index in [1.807, 2.05) is 0 Å². The number of pyridine rings is 2. The number of ether oxygens (including phenoxy) is 1. The molecule has 0 fully saturated rings. The van der Waals surface area contributed by atoms with Gasteiger partial charge in [0.2, 0.25) is 0 Å². The Kier molecular flexibility index (Phi) is 4.41. The number of hydrogen-bond acceptors (Lipinski definition) is 5. The summed E-state index contributed by atoms with van der Waals surface area (Å²) in [6.45, 7) is 0.950. The topological polar surface area (TPSA) is 81.3 Å². The van der Waals surface area contributed by atoms with Crippen LogP contribution in [0.15, 0.2) is 30.5 Å². The van der Waals surface area contributed by atoms with Crippen molar-refractivity contribution in [2.75, 3.05) is 12.8 Å². The van der Waals surface area contributed by atoms with Gasteiger partial charge in [-0.05, 0) is 23.8 Å². The lowest BCUT2D eigenvalue weighted by atomic mass is 10.0. The molecule has 2 aromatic heterocycles. The van der Waals surface area contributed by atoms with Gasteiger partial charge in [0, 0.05) is 35.8 Å². The number of amides is 1. The van der Waals surface area contributed by atoms with Crippen molar-refractivity contribution in [1.82, 2.24) is 14.9 Å². The van der Waals surface area contributed by atoms with Gasteiger partial charge in [-0.15, -0.1) is 6.42 Å². The van der Waals surface area contributed by atoms with E-state index in [9.17, 15) is 9.18 Å². The molecule has 0 bridgehead atoms. The minimum absolute atomic E-state index is 0.0316. The number of hydrogen-bond donors (Lipinski definition) is 1. The molecule has 1 aliphatic heterocycles. The molecule has 28 heavy (non-hydrogen) atoms. The van der Waals surface area contributed by atoms with Gasteiger partial charge >= 0.3 is 0 Å². The zero-order valence-electron chi connectivity index (χ0n) is 15.2. The molecule has 0 spiro atoms. The van der Waals surface area contributed by atoms with E-state index in [0.717, 1.165) is 11.1 Å². The first kappa shape index (κ1) is 17.9. The monoisotopic (exact) mass is 376 g/mol. The molecule has 3 heterocycles. The van der Waals surface area contributed by atoms with E-state index in [-0.39, 0.29) is 12.1 Å². The second kappa shape index (κ2) is 6.91. The smallest absolute Gasteiger partial charge is 0.256 e. The molecular weight excluding hydrogens is 359 g/mol. The second-order valence-electron chi connectivity index (χ2n) is 6.64. The summed E-state index contributed by atoms with van der Waals surface area (Å²) in [5.74, 6) is 1.72. The average Bonchev–Trinajstić information content (AvgIpc) is 3.18. The van der Waals surface area contributed by atoms with Crippen LogP contribution in [0.25, 0.3) is 10.9 Å². The van der Waals surface area contributed by atoms with E-state index < -0.39 is 11.7 Å². The summed E-state index contributed by atoms with van der Waals surface area (Å²) in [5.41, 5.74) is 9.26. The molecule has 6 nitrogen and oxygen atoms in total. The van der Waals surface area contributed by atoms with E-state index in [1.54, 1.807) is 25.4 Å². The zero-order valence-corrected chi connectivity index (χ0v) is 15.2. The number of fused-ring (bicyclic) bond motifs is 3. The number of rotatable bonds is 3. The van der Waals surface area contributed by atoms with Crippen molar-refractivity contribution in [1.29, 1.82) is 0 Å². The highest BCUT2D eigenvalue weighted by molar-refractivity contribution is 5.99. The van der Waals surface area contributed by atoms with Crippen LogP contribution in [0.4, 0.5) is 10.2 Å². The van der Waals surface area contributed by atoms with Gasteiger partial charge in [-0.25, -0.2) is 9.37 Å². The Labute approximate surface area is 161 Å². The lowest BCUT2D eigenvalue weighted by Gasteiger charge is -2.18. The first-order chi connectivity index (χ1) is 13.5. The molecule has 0 radical (unpaired) electrons. The third kappa shape index (κ3) is 3.04. The highest BCUT2D eigenvalue weighted by atomic mass is 19.1. The SMILES string of the molecule is C#Cc1ccc(CN(C)C(=O)c2cc3c4c(c(N)nc3cc2F)COC4)nc1. The van der Waals surface area contributed by atoms with Crippen LogP contribution in [0.5, 0.6) is 0 Å². The molecular formula is C21H17FN4O2. The van der Waals surface area contributed by atoms with E-state index in [0.29, 0.717) is 41.2 Å². The molecule has 0 aliphatic carbocycles. The largest absolute Gasteiger partial charge is 0.383 e. The third-order valence-corrected chi connectivity index (χ3v) is 4.79. The predicted molar refractivity (Wildman–Crippen MR) is 103 cm³/mol. The van der Waals surface area contributed by atoms with Crippen LogP contribution in [-0.2, 0) is 24.5 Å². The van der Waals surface area contributed by atoms with Crippen molar-refractivity contribution in [2.45, 2.75) is 19.8 Å². The summed E-state index contributed by atoms with van der Waals surface area (Å²) in [4.78, 5) is 22.7. The maximum Gasteiger partial charge on any atom is 0.256 e. The number of anilines is 1. The lowest BCUT2D eigenvalue weighted by Crippen LogP contribution is -2.27. The van der Waals surface area contributed by atoms with Gasteiger partial charge in [0.05, 0.1) is 36.5 Å². The maximum atomic E-state index is 14.7. The number of carbonyl (C=O) groups is 1. The maximum absolute atomic E-state index is 14.7. The number of halogens is 1. The minimum Gasteiger partial charge on any atom is -0.383 e. The van der Waals surface area contributed by atoms with Crippen LogP contribution >= 0.6 is 0 Å². The highest BCUT2D eigenvalue weighted by Crippen LogP contribution is 2.32. The van der Waals surface area contributed by atoms with Gasteiger partial charge in [0.25, 0.3) is 5.91 Å². The summed E-state index contributed by atoms with van der Waals surface area (Å²) < 4.78 is 20.1. The van der Waals surface area contributed by atoms with Gasteiger partial charge in [-0.1, -0.05) is 5.92 Å². The van der Waals surface area contributed by atoms with Crippen molar-refractivity contribution in [3.63, 3.8) is 0 Å². The Balaban J connectivity index is 1.67. The van der Waals surface area contributed by atoms with E-state index in [4.69, 9.17) is 16.9 Å². The van der Waals surface area contributed by atoms with Crippen molar-refractivity contribution >= 4 is 22.6 Å². The van der Waals surface area contributed by atoms with Crippen molar-refractivity contribution in [3.05, 3.63) is 64.2 Å². The molecule has 0 unspecified atom stereocenters. The quantitative estimate of drug-likeness (QED) is 0.711. The molecule has 2 N–H and O–H groups in total. The molecule has 4 rings (SSSR count). The number of aromatic nitrogens is 2. The first-order valence-electron chi connectivity index (χ1n) is 8.63. The van der Waals surface area contributed by atoms with Gasteiger partial charge in [0.15, 0.2) is 0 Å². The first-order valence-corrected chi connectivity index (χ1v) is 8.63. The highest BCUT2D eigenvalue weighted by Gasteiger charge is 2.23. The Morgan fingerprint density at radius 3 is 2.86 bits per heavy atom. The molecule has 1 aliphatic rings. The Morgan fingerprint density at radius 1 is 1.36 bits per heavy atom. The Hall–Kier alpha value is -3.50. The predicted octanol–water partition coefficient (Wildman–Crippen LogP) is 2.63. The molecule has 0 atom stereocenters. The number of carbonyl (C=O) groups excluding carboxylic acids is 1. The summed E-state index contributed by atoms with van der Waals surface area (Å²) in [6, 6.07) is 6.26. The number of terminal acetylenes is 1. The fraction of sp³-hybridized carbons (Fsp3) is 0.190. The molecule has 1 amide bonds. The molecule has 1 aromatic carbocycles. The molecule has 3 aromatic rings. The minimum atomic E-state index is -0.647. The standard InChI is InChI=1S/C21H17FN4O2/c1-3-12-4-5-13(24-8-12)9-26(2)21(27)15-6-14-16-10-28-11-17(16)20(23)25-19(14)7-18(15)22/h1,4-8H,9-11H2,2H3,(H2,23,25). The van der Waals surface area contributed by atoms with Crippen molar-refractivity contribution < 1.29 is 13.9 Å². The van der Waals surface area contributed by atoms with Gasteiger partial charge in [-0.2, -0.15) is 0 Å². The van der Waals surface area contributed by atoms with Crippen molar-refractivity contribution in [3.8, 4) is 12.3 Å². The summed E-state index contributed by atoms with van der Waals surface area (Å²) in [7, 11) is 1.59. The van der Waals surface area contributed by atoms with Gasteiger partial charge in [-0.3, -0.25) is 9.78 Å². The van der Waals surface area contributed by atoms with E-state index >= 15 is 0 Å². The molecule has 140 valence electrons. The van der Waals surface area contributed by atoms with Gasteiger partial charge < -0.3 is 15.4 Å². The van der Waals surface area contributed by atoms with Crippen LogP contribution in [0.3, 0.4) is 0 Å². The van der Waals surface area contributed by atoms with E-state index in [1.165, 1.54) is 17.0 Å². The lowest BCUT2D eigenvalue weighted by molar-refractivity contribution is 0.0779. The summed E-state index contributed by atoms with van der Waals surface area (Å²) >= 11 is 0. The normalized spacial score (nSPS) is 12.6. The fourth-order valence-electron chi connectivity index (χ4n) is 3.28. The average molecular weight is 376 g/mol. The molecule has 7 heteroatoms. The van der Waals surface area contributed by atoms with E-state index in [2.05, 4.69) is 15.9 Å². The van der Waals surface area contributed by atoms with Crippen LogP contribution in [0.1, 0.15) is 32.7 Å². The number of benzene rings is 1. The van der Waals surface area contributed by atoms with Gasteiger partial charge in [0.1, 0.15) is 11.6 Å². The number of nitrogen functional groups attached to an aromatic ring is 1. The molecule has 0 saturated heterocycles. The number of nitrogens with two attached hydrogens (primary N) is 1. The summed E-state index contributed by atoms with van der Waals surface area (Å²) in [6.07, 6.45) is 6.88. The second-order valence-corrected chi connectivity index (χ2v) is 6.64. The van der Waals surface area contributed by atoms with Crippen LogP contribution in [0.2, 0.25) is 0 Å². The zero-order chi connectivity index (χ0) is 19.8. The Morgan fingerprint density at radius 2 is 2.14 bits per heavy atom. The number of nitrogens with zero attached hydrogens (tertiary/aromatic N) is 3. The third-order valence-electron chi connectivity index (χ3n) is 4.79.